The van der Waals surface area contributed by atoms with Gasteiger partial charge >= 0.3 is 58.4 Å². The van der Waals surface area contributed by atoms with Gasteiger partial charge in [-0.25, -0.2) is 4.39 Å². The Hall–Kier alpha value is 0.341. The van der Waals surface area contributed by atoms with Crippen LogP contribution in [0, 0.1) is 5.82 Å². The number of hydrogen-bond acceptors (Lipinski definition) is 1. The summed E-state index contributed by atoms with van der Waals surface area (Å²) in [5, 5.41) is 0. The van der Waals surface area contributed by atoms with Crippen molar-refractivity contribution in [3.05, 3.63) is 47.7 Å². The molecular weight excluding hydrogens is 262 g/mol. The Labute approximate surface area is 140 Å². The van der Waals surface area contributed by atoms with Gasteiger partial charge in [-0.1, -0.05) is 18.2 Å². The molecule has 1 rings (SSSR count). The maximum absolute atomic E-state index is 13.0. The van der Waals surface area contributed by atoms with E-state index in [1.807, 2.05) is 0 Å². The number of ether oxygens (including phenoxy) is 1. The molecule has 17 heavy (non-hydrogen) atoms. The summed E-state index contributed by atoms with van der Waals surface area (Å²) >= 11 is 0. The van der Waals surface area contributed by atoms with E-state index in [2.05, 4.69) is 6.58 Å². The third-order valence-corrected chi connectivity index (χ3v) is 1.97. The molecule has 0 aliphatic carbocycles. The fraction of sp³-hybridized carbons (Fsp3) is 0.200. The Morgan fingerprint density at radius 1 is 1.24 bits per heavy atom. The van der Waals surface area contributed by atoms with Gasteiger partial charge in [0.2, 0.25) is 0 Å². The van der Waals surface area contributed by atoms with Gasteiger partial charge in [-0.3, -0.25) is 0 Å². The van der Waals surface area contributed by atoms with Crippen LogP contribution in [0.3, 0.4) is 0 Å². The molecule has 0 spiro atoms. The van der Waals surface area contributed by atoms with Crippen molar-refractivity contribution >= 4 is 6.98 Å². The molecule has 0 unspecified atom stereocenters. The largest absolute Gasteiger partial charge is 1.00 e. The number of halogens is 4. The minimum atomic E-state index is -5.08. The molecule has 0 fully saturated rings. The summed E-state index contributed by atoms with van der Waals surface area (Å²) < 4.78 is 54.0. The fourth-order valence-electron chi connectivity index (χ4n) is 1.00. The molecular formula is C10H10BF4KO. The molecule has 0 saturated carbocycles. The van der Waals surface area contributed by atoms with Crippen LogP contribution in [-0.4, -0.2) is 13.6 Å². The van der Waals surface area contributed by atoms with Crippen molar-refractivity contribution in [2.45, 2.75) is 6.61 Å². The van der Waals surface area contributed by atoms with Gasteiger partial charge in [-0.05, 0) is 6.07 Å². The standard InChI is InChI=1S/C10H10BF4O.K/c1-8(11(13,14)15)6-16-7-9-4-2-3-5-10(9)12;/h2-5H,1,6-7H2;/q-1;+1. The van der Waals surface area contributed by atoms with Crippen molar-refractivity contribution in [1.82, 2.24) is 0 Å². The van der Waals surface area contributed by atoms with E-state index in [9.17, 15) is 17.3 Å². The quantitative estimate of drug-likeness (QED) is 0.553. The van der Waals surface area contributed by atoms with Gasteiger partial charge in [0.15, 0.2) is 0 Å². The molecule has 7 heteroatoms. The van der Waals surface area contributed by atoms with Crippen LogP contribution < -0.4 is 51.4 Å². The van der Waals surface area contributed by atoms with Gasteiger partial charge < -0.3 is 17.7 Å². The average Bonchev–Trinajstić information content (AvgIpc) is 2.19. The second-order valence-corrected chi connectivity index (χ2v) is 3.32. The number of hydrogen-bond donors (Lipinski definition) is 0. The van der Waals surface area contributed by atoms with Crippen LogP contribution in [0.2, 0.25) is 0 Å². The number of rotatable bonds is 5. The van der Waals surface area contributed by atoms with Gasteiger partial charge in [0.05, 0.1) is 6.61 Å². The second-order valence-electron chi connectivity index (χ2n) is 3.32. The topological polar surface area (TPSA) is 9.23 Å². The first-order valence-electron chi connectivity index (χ1n) is 4.60. The van der Waals surface area contributed by atoms with Crippen LogP contribution >= 0.6 is 0 Å². The van der Waals surface area contributed by atoms with Crippen LogP contribution in [0.25, 0.3) is 0 Å². The SMILES string of the molecule is C=C(COCc1ccccc1F)[B-](F)(F)F.[K+]. The van der Waals surface area contributed by atoms with Crippen molar-refractivity contribution in [2.24, 2.45) is 0 Å². The Morgan fingerprint density at radius 3 is 2.35 bits per heavy atom. The first kappa shape index (κ1) is 17.3. The van der Waals surface area contributed by atoms with Crippen molar-refractivity contribution in [2.75, 3.05) is 6.61 Å². The second kappa shape index (κ2) is 7.71. The van der Waals surface area contributed by atoms with Crippen molar-refractivity contribution < 1.29 is 73.5 Å². The summed E-state index contributed by atoms with van der Waals surface area (Å²) in [5.74, 6) is -0.495. The monoisotopic (exact) mass is 272 g/mol. The van der Waals surface area contributed by atoms with E-state index in [-0.39, 0.29) is 63.6 Å². The molecule has 0 amide bonds. The summed E-state index contributed by atoms with van der Waals surface area (Å²) in [6, 6.07) is 5.76. The molecule has 0 aliphatic rings. The Morgan fingerprint density at radius 2 is 1.82 bits per heavy atom. The minimum Gasteiger partial charge on any atom is -0.445 e. The van der Waals surface area contributed by atoms with Crippen LogP contribution in [0.1, 0.15) is 5.56 Å². The fourth-order valence-corrected chi connectivity index (χ4v) is 1.00. The van der Waals surface area contributed by atoms with Crippen LogP contribution in [0.15, 0.2) is 36.3 Å². The first-order chi connectivity index (χ1) is 7.41. The number of benzene rings is 1. The first-order valence-corrected chi connectivity index (χ1v) is 4.60. The van der Waals surface area contributed by atoms with Crippen LogP contribution in [0.5, 0.6) is 0 Å². The smallest absolute Gasteiger partial charge is 0.445 e. The zero-order valence-corrected chi connectivity index (χ0v) is 12.6. The van der Waals surface area contributed by atoms with E-state index in [0.717, 1.165) is 0 Å². The molecule has 1 aromatic carbocycles. The van der Waals surface area contributed by atoms with Crippen molar-refractivity contribution in [3.63, 3.8) is 0 Å². The van der Waals surface area contributed by atoms with E-state index in [0.29, 0.717) is 0 Å². The average molecular weight is 272 g/mol. The molecule has 0 bridgehead atoms. The Bertz CT molecular complexity index is 381. The predicted octanol–water partition coefficient (Wildman–Crippen LogP) is 0.289. The molecule has 1 nitrogen and oxygen atoms in total. The van der Waals surface area contributed by atoms with Gasteiger partial charge in [0.25, 0.3) is 0 Å². The van der Waals surface area contributed by atoms with E-state index in [1.54, 1.807) is 6.07 Å². The molecule has 0 N–H and O–H groups in total. The Kier molecular flexibility index (Phi) is 7.86. The maximum Gasteiger partial charge on any atom is 1.00 e. The van der Waals surface area contributed by atoms with Crippen LogP contribution in [0.4, 0.5) is 17.3 Å². The molecule has 0 aromatic heterocycles. The molecule has 0 saturated heterocycles. The third-order valence-electron chi connectivity index (χ3n) is 1.97. The van der Waals surface area contributed by atoms with Crippen molar-refractivity contribution in [1.29, 1.82) is 0 Å². The maximum atomic E-state index is 13.0. The molecule has 1 aromatic rings. The summed E-state index contributed by atoms with van der Waals surface area (Å²) in [7, 11) is 0. The van der Waals surface area contributed by atoms with Gasteiger partial charge in [-0.15, -0.1) is 12.1 Å². The molecule has 0 atom stereocenters. The van der Waals surface area contributed by atoms with Crippen molar-refractivity contribution in [3.8, 4) is 0 Å². The van der Waals surface area contributed by atoms with E-state index in [4.69, 9.17) is 4.74 Å². The zero-order chi connectivity index (χ0) is 12.2. The third kappa shape index (κ3) is 6.17. The Balaban J connectivity index is 0.00000256. The summed E-state index contributed by atoms with van der Waals surface area (Å²) in [6.07, 6.45) is 0. The normalized spacial score (nSPS) is 10.8. The molecule has 0 radical (unpaired) electrons. The van der Waals surface area contributed by atoms with E-state index < -0.39 is 24.9 Å². The van der Waals surface area contributed by atoms with E-state index >= 15 is 0 Å². The van der Waals surface area contributed by atoms with Gasteiger partial charge in [-0.2, -0.15) is 0 Å². The molecule has 88 valence electrons. The summed E-state index contributed by atoms with van der Waals surface area (Å²) in [5.41, 5.74) is -0.693. The summed E-state index contributed by atoms with van der Waals surface area (Å²) in [4.78, 5) is 0. The van der Waals surface area contributed by atoms with E-state index in [1.165, 1.54) is 18.2 Å². The molecule has 0 aliphatic heterocycles. The van der Waals surface area contributed by atoms with Gasteiger partial charge in [0.1, 0.15) is 5.82 Å². The van der Waals surface area contributed by atoms with Crippen LogP contribution in [-0.2, 0) is 11.3 Å². The predicted molar refractivity (Wildman–Crippen MR) is 54.3 cm³/mol. The molecule has 0 heterocycles. The van der Waals surface area contributed by atoms with Gasteiger partial charge in [0, 0.05) is 12.2 Å². The summed E-state index contributed by atoms with van der Waals surface area (Å²) in [6.45, 7) is -3.04. The minimum absolute atomic E-state index is 0. The zero-order valence-electron chi connectivity index (χ0n) is 9.43.